The van der Waals surface area contributed by atoms with Gasteiger partial charge in [0, 0.05) is 4.90 Å². The molecule has 3 N–H and O–H groups in total. The summed E-state index contributed by atoms with van der Waals surface area (Å²) < 4.78 is 0. The molecule has 0 unspecified atom stereocenters. The first kappa shape index (κ1) is 13.4. The predicted octanol–water partition coefficient (Wildman–Crippen LogP) is 2.88. The van der Waals surface area contributed by atoms with Crippen LogP contribution in [0.3, 0.4) is 0 Å². The minimum absolute atomic E-state index is 0.0215. The number of nitrogens with two attached hydrogens (primary N) is 1. The van der Waals surface area contributed by atoms with Gasteiger partial charge in [-0.15, -0.1) is 5.10 Å². The lowest BCUT2D eigenvalue weighted by Crippen LogP contribution is -2.15. The number of hydrogen-bond donors (Lipinski definition) is 2. The van der Waals surface area contributed by atoms with E-state index in [4.69, 9.17) is 10.9 Å². The van der Waals surface area contributed by atoms with Crippen molar-refractivity contribution in [3.63, 3.8) is 0 Å². The second-order valence-electron chi connectivity index (χ2n) is 4.35. The van der Waals surface area contributed by atoms with Crippen LogP contribution >= 0.6 is 11.8 Å². The third-order valence-electron chi connectivity index (χ3n) is 3.01. The van der Waals surface area contributed by atoms with Gasteiger partial charge in [0.1, 0.15) is 5.03 Å². The van der Waals surface area contributed by atoms with Crippen molar-refractivity contribution in [3.8, 4) is 0 Å². The van der Waals surface area contributed by atoms with Crippen LogP contribution in [0.1, 0.15) is 5.56 Å². The highest BCUT2D eigenvalue weighted by molar-refractivity contribution is 7.99. The lowest BCUT2D eigenvalue weighted by atomic mass is 10.1. The van der Waals surface area contributed by atoms with E-state index >= 15 is 0 Å². The second-order valence-corrected chi connectivity index (χ2v) is 5.41. The van der Waals surface area contributed by atoms with Gasteiger partial charge in [-0.25, -0.2) is 0 Å². The summed E-state index contributed by atoms with van der Waals surface area (Å²) in [5.41, 5.74) is 6.22. The summed E-state index contributed by atoms with van der Waals surface area (Å²) in [5.74, 6) is 0.0215. The SMILES string of the molecule is N/C(=N/O)c1ccnnc1Sc1ccc2ccccc2c1. The van der Waals surface area contributed by atoms with Gasteiger partial charge in [-0.3, -0.25) is 0 Å². The van der Waals surface area contributed by atoms with Crippen molar-refractivity contribution in [1.29, 1.82) is 0 Å². The molecule has 5 nitrogen and oxygen atoms in total. The van der Waals surface area contributed by atoms with Crippen molar-refractivity contribution >= 4 is 28.4 Å². The smallest absolute Gasteiger partial charge is 0.172 e. The fourth-order valence-corrected chi connectivity index (χ4v) is 2.90. The van der Waals surface area contributed by atoms with E-state index < -0.39 is 0 Å². The van der Waals surface area contributed by atoms with E-state index in [-0.39, 0.29) is 5.84 Å². The quantitative estimate of drug-likeness (QED) is 0.336. The molecule has 0 saturated heterocycles. The van der Waals surface area contributed by atoms with E-state index in [2.05, 4.69) is 39.6 Å². The van der Waals surface area contributed by atoms with Crippen LogP contribution in [-0.4, -0.2) is 21.2 Å². The van der Waals surface area contributed by atoms with E-state index in [0.717, 1.165) is 10.3 Å². The Kier molecular flexibility index (Phi) is 3.70. The molecule has 0 saturated carbocycles. The first-order valence-electron chi connectivity index (χ1n) is 6.24. The lowest BCUT2D eigenvalue weighted by molar-refractivity contribution is 0.318. The average Bonchev–Trinajstić information content (AvgIpc) is 2.54. The molecular weight excluding hydrogens is 284 g/mol. The number of aromatic nitrogens is 2. The Morgan fingerprint density at radius 1 is 1.10 bits per heavy atom. The predicted molar refractivity (Wildman–Crippen MR) is 82.6 cm³/mol. The van der Waals surface area contributed by atoms with Gasteiger partial charge in [-0.05, 0) is 29.0 Å². The van der Waals surface area contributed by atoms with Gasteiger partial charge in [0.15, 0.2) is 5.84 Å². The molecule has 1 heterocycles. The fourth-order valence-electron chi connectivity index (χ4n) is 1.99. The first-order chi connectivity index (χ1) is 10.3. The molecule has 0 spiro atoms. The Hall–Kier alpha value is -2.60. The zero-order valence-electron chi connectivity index (χ0n) is 11.0. The molecule has 21 heavy (non-hydrogen) atoms. The maximum Gasteiger partial charge on any atom is 0.172 e. The van der Waals surface area contributed by atoms with Gasteiger partial charge >= 0.3 is 0 Å². The summed E-state index contributed by atoms with van der Waals surface area (Å²) in [4.78, 5) is 1.01. The molecule has 6 heteroatoms. The number of hydrogen-bond acceptors (Lipinski definition) is 5. The van der Waals surface area contributed by atoms with Crippen molar-refractivity contribution < 1.29 is 5.21 Å². The van der Waals surface area contributed by atoms with Crippen LogP contribution in [0.4, 0.5) is 0 Å². The Bertz CT molecular complexity index is 819. The van der Waals surface area contributed by atoms with E-state index in [1.165, 1.54) is 23.3 Å². The molecule has 3 aromatic rings. The maximum atomic E-state index is 8.83. The van der Waals surface area contributed by atoms with Gasteiger partial charge in [0.25, 0.3) is 0 Å². The third kappa shape index (κ3) is 2.80. The van der Waals surface area contributed by atoms with Gasteiger partial charge in [-0.1, -0.05) is 47.2 Å². The summed E-state index contributed by atoms with van der Waals surface area (Å²) in [6.45, 7) is 0. The van der Waals surface area contributed by atoms with Crippen LogP contribution in [0, 0.1) is 0 Å². The number of oxime groups is 1. The summed E-state index contributed by atoms with van der Waals surface area (Å²) in [6, 6.07) is 15.9. The van der Waals surface area contributed by atoms with Crippen molar-refractivity contribution in [2.24, 2.45) is 10.9 Å². The van der Waals surface area contributed by atoms with Crippen LogP contribution < -0.4 is 5.73 Å². The Morgan fingerprint density at radius 3 is 2.71 bits per heavy atom. The summed E-state index contributed by atoms with van der Waals surface area (Å²) >= 11 is 1.43. The Morgan fingerprint density at radius 2 is 1.90 bits per heavy atom. The molecule has 104 valence electrons. The number of amidine groups is 1. The summed E-state index contributed by atoms with van der Waals surface area (Å²) in [7, 11) is 0. The molecule has 0 aliphatic carbocycles. The minimum atomic E-state index is 0.0215. The summed E-state index contributed by atoms with van der Waals surface area (Å²) in [6.07, 6.45) is 1.51. The van der Waals surface area contributed by atoms with Gasteiger partial charge in [-0.2, -0.15) is 5.10 Å². The minimum Gasteiger partial charge on any atom is -0.409 e. The van der Waals surface area contributed by atoms with Crippen LogP contribution in [0.5, 0.6) is 0 Å². The average molecular weight is 296 g/mol. The third-order valence-corrected chi connectivity index (χ3v) is 3.99. The molecule has 2 aromatic carbocycles. The molecule has 0 atom stereocenters. The summed E-state index contributed by atoms with van der Waals surface area (Å²) in [5, 5.41) is 22.7. The normalized spacial score (nSPS) is 11.7. The standard InChI is InChI=1S/C15H12N4OS/c16-14(19-20)13-7-8-17-18-15(13)21-12-6-5-10-3-1-2-4-11(10)9-12/h1-9,20H,(H2,16,19). The van der Waals surface area contributed by atoms with Crippen molar-refractivity contribution in [2.75, 3.05) is 0 Å². The largest absolute Gasteiger partial charge is 0.409 e. The van der Waals surface area contributed by atoms with Crippen molar-refractivity contribution in [1.82, 2.24) is 10.2 Å². The molecular formula is C15H12N4OS. The van der Waals surface area contributed by atoms with E-state index in [0.29, 0.717) is 10.6 Å². The molecule has 0 aliphatic heterocycles. The molecule has 0 amide bonds. The highest BCUT2D eigenvalue weighted by atomic mass is 32.2. The maximum absolute atomic E-state index is 8.83. The van der Waals surface area contributed by atoms with Crippen LogP contribution in [-0.2, 0) is 0 Å². The molecule has 1 aromatic heterocycles. The number of benzene rings is 2. The lowest BCUT2D eigenvalue weighted by Gasteiger charge is -2.06. The number of rotatable bonds is 3. The topological polar surface area (TPSA) is 84.4 Å². The second kappa shape index (κ2) is 5.80. The van der Waals surface area contributed by atoms with Gasteiger partial charge < -0.3 is 10.9 Å². The highest BCUT2D eigenvalue weighted by Crippen LogP contribution is 2.30. The van der Waals surface area contributed by atoms with E-state index in [1.807, 2.05) is 18.2 Å². The molecule has 0 aliphatic rings. The molecule has 0 bridgehead atoms. The first-order valence-corrected chi connectivity index (χ1v) is 7.06. The Balaban J connectivity index is 1.99. The zero-order valence-corrected chi connectivity index (χ0v) is 11.8. The number of nitrogens with zero attached hydrogens (tertiary/aromatic N) is 3. The molecule has 0 radical (unpaired) electrons. The van der Waals surface area contributed by atoms with Crippen LogP contribution in [0.15, 0.2) is 69.8 Å². The highest BCUT2D eigenvalue weighted by Gasteiger charge is 2.10. The van der Waals surface area contributed by atoms with Crippen molar-refractivity contribution in [2.45, 2.75) is 9.92 Å². The molecule has 0 fully saturated rings. The Labute approximate surface area is 125 Å². The van der Waals surface area contributed by atoms with Gasteiger partial charge in [0.05, 0.1) is 11.8 Å². The van der Waals surface area contributed by atoms with Crippen LogP contribution in [0.2, 0.25) is 0 Å². The monoisotopic (exact) mass is 296 g/mol. The van der Waals surface area contributed by atoms with E-state index in [1.54, 1.807) is 6.07 Å². The zero-order chi connectivity index (χ0) is 14.7. The fraction of sp³-hybridized carbons (Fsp3) is 0. The van der Waals surface area contributed by atoms with E-state index in [9.17, 15) is 0 Å². The van der Waals surface area contributed by atoms with Crippen molar-refractivity contribution in [3.05, 3.63) is 60.3 Å². The van der Waals surface area contributed by atoms with Gasteiger partial charge in [0.2, 0.25) is 0 Å². The number of fused-ring (bicyclic) bond motifs is 1. The van der Waals surface area contributed by atoms with Crippen LogP contribution in [0.25, 0.3) is 10.8 Å². The molecule has 3 rings (SSSR count).